The molecule has 0 saturated carbocycles. The summed E-state index contributed by atoms with van der Waals surface area (Å²) in [6.07, 6.45) is 11.6. The van der Waals surface area contributed by atoms with Crippen LogP contribution in [-0.4, -0.2) is 14.8 Å². The van der Waals surface area contributed by atoms with Crippen LogP contribution in [0, 0.1) is 13.8 Å². The monoisotopic (exact) mass is 353 g/mol. The molecule has 0 unspecified atom stereocenters. The lowest BCUT2D eigenvalue weighted by molar-refractivity contribution is 0.664. The molecule has 0 bridgehead atoms. The molecular weight excluding hydrogens is 330 g/mol. The van der Waals surface area contributed by atoms with E-state index in [0.29, 0.717) is 6.54 Å². The number of rotatable bonds is 3. The summed E-state index contributed by atoms with van der Waals surface area (Å²) in [5, 5.41) is 5.12. The summed E-state index contributed by atoms with van der Waals surface area (Å²) in [4.78, 5) is 4.52. The lowest BCUT2D eigenvalue weighted by Crippen LogP contribution is -2.08. The molecule has 0 fully saturated rings. The highest BCUT2D eigenvalue weighted by atomic mass is 15.3. The molecule has 3 nitrogen and oxygen atoms in total. The van der Waals surface area contributed by atoms with Crippen LogP contribution in [0.3, 0.4) is 0 Å². The Morgan fingerprint density at radius 2 is 1.96 bits per heavy atom. The first-order valence-corrected chi connectivity index (χ1v) is 9.67. The predicted octanol–water partition coefficient (Wildman–Crippen LogP) is 5.05. The van der Waals surface area contributed by atoms with Crippen molar-refractivity contribution in [2.45, 2.75) is 39.7 Å². The van der Waals surface area contributed by atoms with Crippen molar-refractivity contribution < 1.29 is 0 Å². The summed E-state index contributed by atoms with van der Waals surface area (Å²) >= 11 is 0. The third-order valence-corrected chi connectivity index (χ3v) is 5.66. The molecule has 2 heterocycles. The average Bonchev–Trinajstić information content (AvgIpc) is 3.29. The van der Waals surface area contributed by atoms with Gasteiger partial charge in [0, 0.05) is 17.3 Å². The Balaban J connectivity index is 1.69. The fraction of sp³-hybridized carbons (Fsp3) is 0.250. The zero-order valence-corrected chi connectivity index (χ0v) is 15.9. The average molecular weight is 353 g/mol. The zero-order valence-electron chi connectivity index (χ0n) is 15.9. The van der Waals surface area contributed by atoms with Gasteiger partial charge in [0.25, 0.3) is 0 Å². The normalized spacial score (nSPS) is 14.8. The van der Waals surface area contributed by atoms with Gasteiger partial charge in [-0.15, -0.1) is 0 Å². The Labute approximate surface area is 160 Å². The second-order valence-corrected chi connectivity index (χ2v) is 7.59. The number of allylic oxidation sites excluding steroid dienone is 4. The fourth-order valence-electron chi connectivity index (χ4n) is 4.48. The Morgan fingerprint density at radius 1 is 1.07 bits per heavy atom. The molecule has 0 N–H and O–H groups in total. The Hall–Kier alpha value is -2.94. The van der Waals surface area contributed by atoms with Crippen LogP contribution in [-0.2, 0) is 19.4 Å². The minimum absolute atomic E-state index is 0.709. The SMILES string of the molecule is Cc1cc(C)c2c(c1)-c1nn(Cc3ccccn3)c(C3=CC=CC3)c1CC2. The van der Waals surface area contributed by atoms with Gasteiger partial charge in [-0.05, 0) is 68.0 Å². The highest BCUT2D eigenvalue weighted by Gasteiger charge is 2.27. The van der Waals surface area contributed by atoms with Crippen molar-refractivity contribution in [1.82, 2.24) is 14.8 Å². The van der Waals surface area contributed by atoms with Gasteiger partial charge in [-0.25, -0.2) is 0 Å². The maximum absolute atomic E-state index is 5.12. The van der Waals surface area contributed by atoms with E-state index in [1.165, 1.54) is 44.8 Å². The molecule has 2 aliphatic carbocycles. The summed E-state index contributed by atoms with van der Waals surface area (Å²) < 4.78 is 2.18. The van der Waals surface area contributed by atoms with Crippen molar-refractivity contribution in [2.75, 3.05) is 0 Å². The Morgan fingerprint density at radius 3 is 2.74 bits per heavy atom. The van der Waals surface area contributed by atoms with Crippen LogP contribution in [0.15, 0.2) is 54.8 Å². The third-order valence-electron chi connectivity index (χ3n) is 5.66. The molecule has 3 aromatic rings. The second-order valence-electron chi connectivity index (χ2n) is 7.59. The smallest absolute Gasteiger partial charge is 0.0964 e. The largest absolute Gasteiger partial charge is 0.259 e. The van der Waals surface area contributed by atoms with Gasteiger partial charge in [0.05, 0.1) is 23.6 Å². The molecule has 5 rings (SSSR count). The van der Waals surface area contributed by atoms with E-state index in [9.17, 15) is 0 Å². The van der Waals surface area contributed by atoms with Gasteiger partial charge >= 0.3 is 0 Å². The number of aryl methyl sites for hydroxylation is 2. The molecule has 27 heavy (non-hydrogen) atoms. The van der Waals surface area contributed by atoms with Crippen molar-refractivity contribution >= 4 is 5.57 Å². The first-order valence-electron chi connectivity index (χ1n) is 9.67. The minimum atomic E-state index is 0.709. The lowest BCUT2D eigenvalue weighted by atomic mass is 9.84. The Bertz CT molecular complexity index is 1080. The summed E-state index contributed by atoms with van der Waals surface area (Å²) in [5.41, 5.74) is 11.8. The van der Waals surface area contributed by atoms with Crippen LogP contribution in [0.4, 0.5) is 0 Å². The maximum atomic E-state index is 5.12. The number of hydrogen-bond donors (Lipinski definition) is 0. The van der Waals surface area contributed by atoms with Gasteiger partial charge in [0.15, 0.2) is 0 Å². The van der Waals surface area contributed by atoms with Crippen molar-refractivity contribution in [3.8, 4) is 11.3 Å². The minimum Gasteiger partial charge on any atom is -0.259 e. The molecule has 134 valence electrons. The molecule has 0 saturated heterocycles. The third kappa shape index (κ3) is 2.74. The van der Waals surface area contributed by atoms with Crippen LogP contribution in [0.25, 0.3) is 16.8 Å². The van der Waals surface area contributed by atoms with Gasteiger partial charge < -0.3 is 0 Å². The van der Waals surface area contributed by atoms with Crippen LogP contribution >= 0.6 is 0 Å². The summed E-state index contributed by atoms with van der Waals surface area (Å²) in [6.45, 7) is 5.11. The first-order chi connectivity index (χ1) is 13.2. The van der Waals surface area contributed by atoms with E-state index >= 15 is 0 Å². The quantitative estimate of drug-likeness (QED) is 0.659. The fourth-order valence-corrected chi connectivity index (χ4v) is 4.48. The number of pyridine rings is 1. The summed E-state index contributed by atoms with van der Waals surface area (Å²) in [7, 11) is 0. The predicted molar refractivity (Wildman–Crippen MR) is 110 cm³/mol. The van der Waals surface area contributed by atoms with Crippen LogP contribution in [0.1, 0.15) is 40.1 Å². The van der Waals surface area contributed by atoms with Gasteiger partial charge in [0.2, 0.25) is 0 Å². The number of hydrogen-bond acceptors (Lipinski definition) is 2. The molecule has 0 amide bonds. The molecule has 1 aromatic carbocycles. The van der Waals surface area contributed by atoms with Gasteiger partial charge in [0.1, 0.15) is 0 Å². The topological polar surface area (TPSA) is 30.7 Å². The van der Waals surface area contributed by atoms with E-state index in [2.05, 4.69) is 59.9 Å². The lowest BCUT2D eigenvalue weighted by Gasteiger charge is -2.19. The highest BCUT2D eigenvalue weighted by molar-refractivity contribution is 5.80. The highest BCUT2D eigenvalue weighted by Crippen LogP contribution is 2.40. The van der Waals surface area contributed by atoms with E-state index in [1.54, 1.807) is 0 Å². The molecule has 2 aromatic heterocycles. The number of nitrogens with zero attached hydrogens (tertiary/aromatic N) is 3. The standard InChI is InChI=1S/C24H23N3/c1-16-13-17(2)20-10-11-21-23(22(20)14-16)26-27(15-19-9-5-6-12-25-19)24(21)18-7-3-4-8-18/h3-7,9,12-14H,8,10-11,15H2,1-2H3. The summed E-state index contributed by atoms with van der Waals surface area (Å²) in [5.74, 6) is 0. The van der Waals surface area contributed by atoms with E-state index in [4.69, 9.17) is 5.10 Å². The first kappa shape index (κ1) is 16.2. The molecule has 2 aliphatic rings. The van der Waals surface area contributed by atoms with Gasteiger partial charge in [-0.3, -0.25) is 9.67 Å². The van der Waals surface area contributed by atoms with Crippen molar-refractivity contribution in [1.29, 1.82) is 0 Å². The molecule has 3 heteroatoms. The van der Waals surface area contributed by atoms with Crippen LogP contribution in [0.5, 0.6) is 0 Å². The zero-order chi connectivity index (χ0) is 18.4. The van der Waals surface area contributed by atoms with Gasteiger partial charge in [-0.2, -0.15) is 5.10 Å². The molecule has 0 atom stereocenters. The van der Waals surface area contributed by atoms with Crippen molar-refractivity contribution in [3.63, 3.8) is 0 Å². The molecule has 0 spiro atoms. The van der Waals surface area contributed by atoms with E-state index in [0.717, 1.165) is 25.0 Å². The number of benzene rings is 1. The van der Waals surface area contributed by atoms with Crippen LogP contribution in [0.2, 0.25) is 0 Å². The Kier molecular flexibility index (Phi) is 3.82. The number of aromatic nitrogens is 3. The van der Waals surface area contributed by atoms with Crippen molar-refractivity contribution in [3.05, 3.63) is 88.4 Å². The summed E-state index contributed by atoms with van der Waals surface area (Å²) in [6, 6.07) is 10.7. The van der Waals surface area contributed by atoms with Crippen molar-refractivity contribution in [2.24, 2.45) is 0 Å². The van der Waals surface area contributed by atoms with E-state index in [-0.39, 0.29) is 0 Å². The second kappa shape index (κ2) is 6.34. The van der Waals surface area contributed by atoms with E-state index < -0.39 is 0 Å². The van der Waals surface area contributed by atoms with Crippen LogP contribution < -0.4 is 0 Å². The van der Waals surface area contributed by atoms with Gasteiger partial charge in [-0.1, -0.05) is 35.9 Å². The molecular formula is C24H23N3. The maximum Gasteiger partial charge on any atom is 0.0964 e. The molecule has 0 aliphatic heterocycles. The van der Waals surface area contributed by atoms with E-state index in [1.807, 2.05) is 18.3 Å². The number of fused-ring (bicyclic) bond motifs is 3. The molecule has 0 radical (unpaired) electrons.